The minimum absolute atomic E-state index is 0.00989. The molecule has 0 spiro atoms. The molecule has 0 aromatic heterocycles. The highest BCUT2D eigenvalue weighted by Gasteiger charge is 2.20. The van der Waals surface area contributed by atoms with Gasteiger partial charge in [0, 0.05) is 17.1 Å². The molecule has 0 saturated carbocycles. The van der Waals surface area contributed by atoms with Gasteiger partial charge in [0.05, 0.1) is 11.3 Å². The van der Waals surface area contributed by atoms with E-state index in [1.807, 2.05) is 32.8 Å². The van der Waals surface area contributed by atoms with Crippen molar-refractivity contribution in [3.8, 4) is 0 Å². The second-order valence-electron chi connectivity index (χ2n) is 5.44. The Morgan fingerprint density at radius 1 is 1.45 bits per heavy atom. The number of carbonyl (C=O) groups is 1. The molecule has 1 atom stereocenters. The Hall–Kier alpha value is -1.14. The van der Waals surface area contributed by atoms with E-state index in [1.165, 1.54) is 12.1 Å². The lowest BCUT2D eigenvalue weighted by molar-refractivity contribution is 0.0916. The van der Waals surface area contributed by atoms with Crippen molar-refractivity contribution in [1.82, 2.24) is 10.2 Å². The number of anilines is 1. The van der Waals surface area contributed by atoms with Crippen LogP contribution in [0.3, 0.4) is 0 Å². The van der Waals surface area contributed by atoms with Gasteiger partial charge in [-0.25, -0.2) is 4.39 Å². The summed E-state index contributed by atoms with van der Waals surface area (Å²) in [6.45, 7) is 4.82. The van der Waals surface area contributed by atoms with E-state index in [4.69, 9.17) is 5.73 Å². The minimum Gasteiger partial charge on any atom is -0.396 e. The summed E-state index contributed by atoms with van der Waals surface area (Å²) in [7, 11) is 3.90. The molecule has 112 valence electrons. The average Bonchev–Trinajstić information content (AvgIpc) is 2.32. The van der Waals surface area contributed by atoms with Crippen LogP contribution < -0.4 is 11.1 Å². The third-order valence-corrected chi connectivity index (χ3v) is 3.67. The number of nitrogens with zero attached hydrogens (tertiary/aromatic N) is 1. The van der Waals surface area contributed by atoms with E-state index in [1.54, 1.807) is 0 Å². The van der Waals surface area contributed by atoms with Gasteiger partial charge in [0.25, 0.3) is 5.91 Å². The molecule has 0 aliphatic rings. The zero-order valence-electron chi connectivity index (χ0n) is 12.2. The average molecular weight is 346 g/mol. The van der Waals surface area contributed by atoms with Gasteiger partial charge in [0.1, 0.15) is 5.82 Å². The molecule has 1 aromatic rings. The fourth-order valence-electron chi connectivity index (χ4n) is 1.80. The molecule has 0 aliphatic heterocycles. The van der Waals surface area contributed by atoms with Gasteiger partial charge < -0.3 is 16.0 Å². The number of nitrogen functional groups attached to an aromatic ring is 1. The third-order valence-electron chi connectivity index (χ3n) is 3.01. The van der Waals surface area contributed by atoms with Crippen LogP contribution in [0.1, 0.15) is 24.2 Å². The van der Waals surface area contributed by atoms with Gasteiger partial charge in [-0.05, 0) is 48.1 Å². The summed E-state index contributed by atoms with van der Waals surface area (Å²) < 4.78 is 13.7. The Kier molecular flexibility index (Phi) is 5.95. The molecule has 6 heteroatoms. The molecule has 0 saturated heterocycles. The number of hydrogen-bond donors (Lipinski definition) is 2. The smallest absolute Gasteiger partial charge is 0.252 e. The topological polar surface area (TPSA) is 58.4 Å². The number of rotatable bonds is 5. The van der Waals surface area contributed by atoms with Crippen molar-refractivity contribution in [3.63, 3.8) is 0 Å². The van der Waals surface area contributed by atoms with Crippen molar-refractivity contribution in [2.24, 2.45) is 5.92 Å². The standard InChI is InChI=1S/C14H21BrFN3O/c1-8(2)13(7-19(3)4)18-14(20)9-5-12(17)11(16)6-10(9)15/h5-6,8,13H,7,17H2,1-4H3,(H,18,20). The summed E-state index contributed by atoms with van der Waals surface area (Å²) in [4.78, 5) is 14.3. The van der Waals surface area contributed by atoms with Gasteiger partial charge >= 0.3 is 0 Å². The molecular weight excluding hydrogens is 325 g/mol. The number of nitrogens with one attached hydrogen (secondary N) is 1. The summed E-state index contributed by atoms with van der Waals surface area (Å²) in [5, 5.41) is 2.96. The maximum atomic E-state index is 13.3. The van der Waals surface area contributed by atoms with Crippen LogP contribution in [0.5, 0.6) is 0 Å². The van der Waals surface area contributed by atoms with Crippen LogP contribution in [0.15, 0.2) is 16.6 Å². The number of nitrogens with two attached hydrogens (primary N) is 1. The Morgan fingerprint density at radius 3 is 2.55 bits per heavy atom. The first-order chi connectivity index (χ1) is 9.22. The lowest BCUT2D eigenvalue weighted by Gasteiger charge is -2.25. The van der Waals surface area contributed by atoms with Crippen molar-refractivity contribution in [2.45, 2.75) is 19.9 Å². The molecular formula is C14H21BrFN3O. The Morgan fingerprint density at radius 2 is 2.05 bits per heavy atom. The Balaban J connectivity index is 2.92. The molecule has 0 bridgehead atoms. The predicted molar refractivity (Wildman–Crippen MR) is 83.2 cm³/mol. The fraction of sp³-hybridized carbons (Fsp3) is 0.500. The highest BCUT2D eigenvalue weighted by atomic mass is 79.9. The van der Waals surface area contributed by atoms with Crippen molar-refractivity contribution >= 4 is 27.5 Å². The summed E-state index contributed by atoms with van der Waals surface area (Å²) in [6.07, 6.45) is 0. The van der Waals surface area contributed by atoms with E-state index in [2.05, 4.69) is 21.2 Å². The number of amides is 1. The number of halogens is 2. The maximum Gasteiger partial charge on any atom is 0.252 e. The van der Waals surface area contributed by atoms with E-state index >= 15 is 0 Å². The molecule has 4 nitrogen and oxygen atoms in total. The monoisotopic (exact) mass is 345 g/mol. The molecule has 1 unspecified atom stereocenters. The van der Waals surface area contributed by atoms with Crippen LogP contribution in [0.2, 0.25) is 0 Å². The van der Waals surface area contributed by atoms with Gasteiger partial charge in [0.15, 0.2) is 0 Å². The summed E-state index contributed by atoms with van der Waals surface area (Å²) >= 11 is 3.19. The van der Waals surface area contributed by atoms with E-state index in [0.717, 1.165) is 6.54 Å². The van der Waals surface area contributed by atoms with Crippen LogP contribution in [-0.2, 0) is 0 Å². The zero-order chi connectivity index (χ0) is 15.4. The predicted octanol–water partition coefficient (Wildman–Crippen LogP) is 2.49. The van der Waals surface area contributed by atoms with Crippen LogP contribution in [0, 0.1) is 11.7 Å². The van der Waals surface area contributed by atoms with E-state index in [0.29, 0.717) is 10.0 Å². The van der Waals surface area contributed by atoms with Gasteiger partial charge in [-0.15, -0.1) is 0 Å². The minimum atomic E-state index is -0.540. The molecule has 0 heterocycles. The molecule has 20 heavy (non-hydrogen) atoms. The highest BCUT2D eigenvalue weighted by Crippen LogP contribution is 2.23. The second kappa shape index (κ2) is 7.04. The Bertz CT molecular complexity index is 492. The van der Waals surface area contributed by atoms with Gasteiger partial charge in [0.2, 0.25) is 0 Å². The van der Waals surface area contributed by atoms with E-state index in [-0.39, 0.29) is 23.6 Å². The van der Waals surface area contributed by atoms with Crippen LogP contribution in [0.4, 0.5) is 10.1 Å². The molecule has 1 amide bonds. The first-order valence-electron chi connectivity index (χ1n) is 6.42. The summed E-state index contributed by atoms with van der Waals surface area (Å²) in [5.74, 6) is -0.510. The molecule has 0 radical (unpaired) electrons. The van der Waals surface area contributed by atoms with Gasteiger partial charge in [-0.3, -0.25) is 4.79 Å². The number of hydrogen-bond acceptors (Lipinski definition) is 3. The largest absolute Gasteiger partial charge is 0.396 e. The summed E-state index contributed by atoms with van der Waals surface area (Å²) in [6, 6.07) is 2.57. The number of benzene rings is 1. The van der Waals surface area contributed by atoms with Crippen LogP contribution >= 0.6 is 15.9 Å². The normalized spacial score (nSPS) is 12.8. The van der Waals surface area contributed by atoms with Crippen LogP contribution in [0.25, 0.3) is 0 Å². The molecule has 1 aromatic carbocycles. The van der Waals surface area contributed by atoms with Crippen LogP contribution in [-0.4, -0.2) is 37.5 Å². The first kappa shape index (κ1) is 16.9. The van der Waals surface area contributed by atoms with Crippen molar-refractivity contribution in [1.29, 1.82) is 0 Å². The first-order valence-corrected chi connectivity index (χ1v) is 7.21. The quantitative estimate of drug-likeness (QED) is 0.806. The molecule has 1 rings (SSSR count). The lowest BCUT2D eigenvalue weighted by Crippen LogP contribution is -2.45. The number of likely N-dealkylation sites (N-methyl/N-ethyl adjacent to an activating group) is 1. The fourth-order valence-corrected chi connectivity index (χ4v) is 2.30. The molecule has 0 fully saturated rings. The summed E-state index contributed by atoms with van der Waals surface area (Å²) in [5.41, 5.74) is 5.82. The molecule has 0 aliphatic carbocycles. The van der Waals surface area contributed by atoms with E-state index in [9.17, 15) is 9.18 Å². The van der Waals surface area contributed by atoms with Gasteiger partial charge in [-0.1, -0.05) is 13.8 Å². The van der Waals surface area contributed by atoms with Crippen molar-refractivity contribution in [2.75, 3.05) is 26.4 Å². The highest BCUT2D eigenvalue weighted by molar-refractivity contribution is 9.10. The lowest BCUT2D eigenvalue weighted by atomic mass is 10.0. The third kappa shape index (κ3) is 4.45. The second-order valence-corrected chi connectivity index (χ2v) is 6.29. The zero-order valence-corrected chi connectivity index (χ0v) is 13.8. The van der Waals surface area contributed by atoms with Crippen molar-refractivity contribution < 1.29 is 9.18 Å². The maximum absolute atomic E-state index is 13.3. The van der Waals surface area contributed by atoms with Gasteiger partial charge in [-0.2, -0.15) is 0 Å². The Labute approximate surface area is 127 Å². The van der Waals surface area contributed by atoms with Crippen molar-refractivity contribution in [3.05, 3.63) is 28.0 Å². The number of carbonyl (C=O) groups excluding carboxylic acids is 1. The molecule has 3 N–H and O–H groups in total. The van der Waals surface area contributed by atoms with E-state index < -0.39 is 5.82 Å². The SMILES string of the molecule is CC(C)C(CN(C)C)NC(=O)c1cc(N)c(F)cc1Br.